The number of aromatic nitrogens is 3. The first-order chi connectivity index (χ1) is 10.7. The summed E-state index contributed by atoms with van der Waals surface area (Å²) in [6, 6.07) is 0. The number of nitrogens with zero attached hydrogens (tertiary/aromatic N) is 4. The third-order valence-electron chi connectivity index (χ3n) is 4.40. The van der Waals surface area contributed by atoms with Crippen LogP contribution in [0.4, 0.5) is 0 Å². The van der Waals surface area contributed by atoms with Gasteiger partial charge in [0.05, 0.1) is 10.7 Å². The molecule has 120 valence electrons. The highest BCUT2D eigenvalue weighted by atomic mass is 32.1. The zero-order chi connectivity index (χ0) is 15.5. The van der Waals surface area contributed by atoms with E-state index >= 15 is 0 Å². The zero-order valence-corrected chi connectivity index (χ0v) is 14.1. The molecule has 1 aliphatic rings. The Hall–Kier alpha value is -1.24. The van der Waals surface area contributed by atoms with Gasteiger partial charge in [0.25, 0.3) is 0 Å². The monoisotopic (exact) mass is 320 g/mol. The predicted molar refractivity (Wildman–Crippen MR) is 87.7 cm³/mol. The number of likely N-dealkylation sites (tertiary alicyclic amines) is 1. The van der Waals surface area contributed by atoms with Gasteiger partial charge in [-0.2, -0.15) is 0 Å². The third-order valence-corrected chi connectivity index (χ3v) is 5.44. The molecule has 1 aliphatic heterocycles. The maximum Gasteiger partial charge on any atom is 0.137 e. The van der Waals surface area contributed by atoms with Crippen LogP contribution < -0.4 is 0 Å². The molecule has 6 heteroatoms. The SMILES string of the molecule is CCc1nc(CN2CCCC(C(O)c3nccn3C)C2)cs1. The van der Waals surface area contributed by atoms with Crippen LogP contribution in [0, 0.1) is 5.92 Å². The maximum absolute atomic E-state index is 10.6. The van der Waals surface area contributed by atoms with E-state index in [-0.39, 0.29) is 5.92 Å². The van der Waals surface area contributed by atoms with Gasteiger partial charge < -0.3 is 9.67 Å². The van der Waals surface area contributed by atoms with Gasteiger partial charge in [0, 0.05) is 43.8 Å². The second-order valence-corrected chi connectivity index (χ2v) is 7.01. The quantitative estimate of drug-likeness (QED) is 0.919. The lowest BCUT2D eigenvalue weighted by Gasteiger charge is -2.34. The van der Waals surface area contributed by atoms with Gasteiger partial charge in [-0.25, -0.2) is 9.97 Å². The van der Waals surface area contributed by atoms with E-state index in [1.165, 1.54) is 5.01 Å². The Balaban J connectivity index is 1.62. The highest BCUT2D eigenvalue weighted by Gasteiger charge is 2.29. The first kappa shape index (κ1) is 15.6. The van der Waals surface area contributed by atoms with Gasteiger partial charge in [-0.3, -0.25) is 4.90 Å². The van der Waals surface area contributed by atoms with E-state index in [0.717, 1.165) is 50.4 Å². The first-order valence-electron chi connectivity index (χ1n) is 7.98. The van der Waals surface area contributed by atoms with E-state index in [2.05, 4.69) is 27.2 Å². The molecule has 0 aromatic carbocycles. The van der Waals surface area contributed by atoms with Crippen LogP contribution in [0.5, 0.6) is 0 Å². The molecule has 3 rings (SSSR count). The molecule has 3 heterocycles. The molecule has 0 amide bonds. The van der Waals surface area contributed by atoms with E-state index in [4.69, 9.17) is 0 Å². The molecule has 22 heavy (non-hydrogen) atoms. The molecule has 2 aromatic heterocycles. The van der Waals surface area contributed by atoms with Crippen LogP contribution in [0.15, 0.2) is 17.8 Å². The molecule has 1 fully saturated rings. The summed E-state index contributed by atoms with van der Waals surface area (Å²) in [4.78, 5) is 11.4. The Morgan fingerprint density at radius 3 is 3.05 bits per heavy atom. The summed E-state index contributed by atoms with van der Waals surface area (Å²) in [6.07, 6.45) is 6.34. The highest BCUT2D eigenvalue weighted by molar-refractivity contribution is 7.09. The van der Waals surface area contributed by atoms with Crippen molar-refractivity contribution < 1.29 is 5.11 Å². The first-order valence-corrected chi connectivity index (χ1v) is 8.86. The van der Waals surface area contributed by atoms with E-state index in [0.29, 0.717) is 0 Å². The summed E-state index contributed by atoms with van der Waals surface area (Å²) in [5, 5.41) is 14.0. The Labute approximate surface area is 135 Å². The van der Waals surface area contributed by atoms with Crippen molar-refractivity contribution in [2.45, 2.75) is 38.8 Å². The molecule has 0 bridgehead atoms. The molecule has 2 atom stereocenters. The fraction of sp³-hybridized carbons (Fsp3) is 0.625. The standard InChI is InChI=1S/C16H24N4OS/c1-3-14-18-13(11-22-14)10-20-7-4-5-12(9-20)15(21)16-17-6-8-19(16)2/h6,8,11-12,15,21H,3-5,7,9-10H2,1-2H3. The Morgan fingerprint density at radius 1 is 1.50 bits per heavy atom. The predicted octanol–water partition coefficient (Wildman–Crippen LogP) is 2.38. The third kappa shape index (κ3) is 3.39. The fourth-order valence-corrected chi connectivity index (χ4v) is 3.91. The lowest BCUT2D eigenvalue weighted by atomic mass is 9.92. The number of aryl methyl sites for hydroxylation is 2. The second kappa shape index (κ2) is 6.89. The second-order valence-electron chi connectivity index (χ2n) is 6.06. The zero-order valence-electron chi connectivity index (χ0n) is 13.3. The minimum absolute atomic E-state index is 0.249. The molecule has 2 unspecified atom stereocenters. The smallest absolute Gasteiger partial charge is 0.137 e. The number of rotatable bonds is 5. The summed E-state index contributed by atoms with van der Waals surface area (Å²) >= 11 is 1.74. The summed E-state index contributed by atoms with van der Waals surface area (Å²) in [5.74, 6) is 1.02. The summed E-state index contributed by atoms with van der Waals surface area (Å²) in [6.45, 7) is 5.03. The minimum Gasteiger partial charge on any atom is -0.385 e. The summed E-state index contributed by atoms with van der Waals surface area (Å²) in [7, 11) is 1.94. The molecular formula is C16H24N4OS. The van der Waals surface area contributed by atoms with Crippen LogP contribution in [0.3, 0.4) is 0 Å². The number of aliphatic hydroxyl groups is 1. The highest BCUT2D eigenvalue weighted by Crippen LogP contribution is 2.29. The fourth-order valence-electron chi connectivity index (χ4n) is 3.18. The van der Waals surface area contributed by atoms with Crippen molar-refractivity contribution in [1.82, 2.24) is 19.4 Å². The topological polar surface area (TPSA) is 54.2 Å². The molecule has 2 aromatic rings. The van der Waals surface area contributed by atoms with Gasteiger partial charge in [0.1, 0.15) is 11.9 Å². The van der Waals surface area contributed by atoms with Crippen molar-refractivity contribution in [3.05, 3.63) is 34.3 Å². The number of imidazole rings is 1. The lowest BCUT2D eigenvalue weighted by molar-refractivity contribution is 0.0401. The molecule has 0 saturated carbocycles. The average molecular weight is 320 g/mol. The van der Waals surface area contributed by atoms with Crippen LogP contribution in [0.2, 0.25) is 0 Å². The summed E-state index contributed by atoms with van der Waals surface area (Å²) in [5.41, 5.74) is 1.16. The number of aliphatic hydroxyl groups excluding tert-OH is 1. The molecule has 0 aliphatic carbocycles. The number of hydrogen-bond donors (Lipinski definition) is 1. The summed E-state index contributed by atoms with van der Waals surface area (Å²) < 4.78 is 1.91. The van der Waals surface area contributed by atoms with Crippen LogP contribution in [0.25, 0.3) is 0 Å². The van der Waals surface area contributed by atoms with Crippen LogP contribution in [-0.2, 0) is 20.0 Å². The number of piperidine rings is 1. The van der Waals surface area contributed by atoms with Crippen molar-refractivity contribution in [3.63, 3.8) is 0 Å². The van der Waals surface area contributed by atoms with Gasteiger partial charge in [-0.05, 0) is 25.8 Å². The normalized spacial score (nSPS) is 21.1. The van der Waals surface area contributed by atoms with E-state index in [9.17, 15) is 5.11 Å². The number of thiazole rings is 1. The molecular weight excluding hydrogens is 296 g/mol. The molecule has 5 nitrogen and oxygen atoms in total. The lowest BCUT2D eigenvalue weighted by Crippen LogP contribution is -2.38. The molecule has 0 radical (unpaired) electrons. The number of hydrogen-bond acceptors (Lipinski definition) is 5. The van der Waals surface area contributed by atoms with Gasteiger partial charge in [0.2, 0.25) is 0 Å². The van der Waals surface area contributed by atoms with Crippen molar-refractivity contribution in [2.24, 2.45) is 13.0 Å². The van der Waals surface area contributed by atoms with Gasteiger partial charge in [-0.1, -0.05) is 6.92 Å². The minimum atomic E-state index is -0.482. The largest absolute Gasteiger partial charge is 0.385 e. The van der Waals surface area contributed by atoms with Crippen molar-refractivity contribution in [1.29, 1.82) is 0 Å². The van der Waals surface area contributed by atoms with Gasteiger partial charge in [0.15, 0.2) is 0 Å². The molecule has 0 spiro atoms. The van der Waals surface area contributed by atoms with Crippen molar-refractivity contribution >= 4 is 11.3 Å². The van der Waals surface area contributed by atoms with E-state index in [1.807, 2.05) is 17.8 Å². The van der Waals surface area contributed by atoms with E-state index in [1.54, 1.807) is 17.5 Å². The van der Waals surface area contributed by atoms with Crippen LogP contribution in [0.1, 0.15) is 42.4 Å². The Bertz CT molecular complexity index is 609. The maximum atomic E-state index is 10.6. The van der Waals surface area contributed by atoms with Gasteiger partial charge in [-0.15, -0.1) is 11.3 Å². The van der Waals surface area contributed by atoms with Crippen LogP contribution >= 0.6 is 11.3 Å². The average Bonchev–Trinajstić information content (AvgIpc) is 3.15. The van der Waals surface area contributed by atoms with Crippen LogP contribution in [-0.4, -0.2) is 37.6 Å². The molecule has 1 N–H and O–H groups in total. The Morgan fingerprint density at radius 2 is 2.36 bits per heavy atom. The Kier molecular flexibility index (Phi) is 4.90. The van der Waals surface area contributed by atoms with Crippen molar-refractivity contribution in [3.8, 4) is 0 Å². The van der Waals surface area contributed by atoms with Gasteiger partial charge >= 0.3 is 0 Å². The molecule has 1 saturated heterocycles. The van der Waals surface area contributed by atoms with E-state index < -0.39 is 6.10 Å². The van der Waals surface area contributed by atoms with Crippen molar-refractivity contribution in [2.75, 3.05) is 13.1 Å².